The molecule has 11 rings (SSSR count). The summed E-state index contributed by atoms with van der Waals surface area (Å²) in [5.41, 5.74) is 3.56. The van der Waals surface area contributed by atoms with Crippen molar-refractivity contribution in [2.24, 2.45) is 5.92 Å². The predicted octanol–water partition coefficient (Wildman–Crippen LogP) is 6.43. The second-order valence-electron chi connectivity index (χ2n) is 19.0. The molecule has 3 amide bonds. The van der Waals surface area contributed by atoms with E-state index in [1.54, 1.807) is 60.0 Å². The summed E-state index contributed by atoms with van der Waals surface area (Å²) in [6, 6.07) is 16.8. The molecule has 0 unspecified atom stereocenters. The Bertz CT molecular complexity index is 3230. The van der Waals surface area contributed by atoms with Crippen molar-refractivity contribution in [1.29, 1.82) is 0 Å². The molecule has 0 bridgehead atoms. The van der Waals surface area contributed by atoms with Gasteiger partial charge in [0.05, 0.1) is 27.6 Å². The number of amides is 3. The Morgan fingerprint density at radius 3 is 2.30 bits per heavy atom. The Hall–Kier alpha value is -6.40. The van der Waals surface area contributed by atoms with Crippen LogP contribution in [0.1, 0.15) is 108 Å². The number of anilines is 1. The lowest BCUT2D eigenvalue weighted by Gasteiger charge is -2.36. The van der Waals surface area contributed by atoms with E-state index in [9.17, 15) is 22.8 Å². The number of hydrogen-bond acceptors (Lipinski definition) is 10. The van der Waals surface area contributed by atoms with Gasteiger partial charge in [-0.3, -0.25) is 24.0 Å². The first-order valence-corrected chi connectivity index (χ1v) is 24.6. The van der Waals surface area contributed by atoms with Crippen molar-refractivity contribution in [2.75, 3.05) is 37.7 Å². The van der Waals surface area contributed by atoms with Gasteiger partial charge in [0.15, 0.2) is 15.7 Å². The van der Waals surface area contributed by atoms with Gasteiger partial charge < -0.3 is 19.1 Å². The highest BCUT2D eigenvalue weighted by molar-refractivity contribution is 7.92. The molecule has 4 fully saturated rings. The molecule has 3 aromatic heterocycles. The third-order valence-electron chi connectivity index (χ3n) is 14.8. The topological polar surface area (TPSA) is 186 Å². The van der Waals surface area contributed by atoms with Crippen LogP contribution in [0, 0.1) is 25.6 Å². The molecule has 67 heavy (non-hydrogen) atoms. The lowest BCUT2D eigenvalue weighted by Crippen LogP contribution is -2.45. The Kier molecular flexibility index (Phi) is 10.2. The zero-order valence-corrected chi connectivity index (χ0v) is 38.6. The molecule has 5 aliphatic rings. The molecule has 16 nitrogen and oxygen atoms in total. The smallest absolute Gasteiger partial charge is 0.381 e. The van der Waals surface area contributed by atoms with E-state index < -0.39 is 44.6 Å². The lowest BCUT2D eigenvalue weighted by molar-refractivity contribution is 0.0658. The van der Waals surface area contributed by atoms with Crippen LogP contribution in [0.3, 0.4) is 0 Å². The average Bonchev–Trinajstić information content (AvgIpc) is 4.16. The fraction of sp³-hybridized carbons (Fsp3) is 0.429. The van der Waals surface area contributed by atoms with E-state index in [1.165, 1.54) is 9.47 Å². The van der Waals surface area contributed by atoms with Gasteiger partial charge in [-0.05, 0) is 136 Å². The Balaban J connectivity index is 0.974. The first-order chi connectivity index (χ1) is 32.1. The zero-order valence-electron chi connectivity index (χ0n) is 37.8. The van der Waals surface area contributed by atoms with Crippen LogP contribution in [0.4, 0.5) is 15.1 Å². The number of urea groups is 1. The number of nitrogens with one attached hydrogen (secondary N) is 1. The highest BCUT2D eigenvalue weighted by atomic mass is 32.2. The molecule has 2 saturated carbocycles. The molecule has 18 heteroatoms. The molecular weight excluding hydrogens is 880 g/mol. The third-order valence-corrected chi connectivity index (χ3v) is 17.1. The SMILES string of the molecule is Cc1cc(-n2c(N3CCN(Cc4ccc(S(=O)(=O)C5CC5)cc4)C3=O)nc3c(c2=O)CCN(C(=O)c2cc4cc(C5CCOCC5)ccc4n2[C@@]2(c4noc(=O)[nH]4)C[C@H]2C)[C@@H]3C)cc(C)c1F. The van der Waals surface area contributed by atoms with E-state index in [2.05, 4.69) is 22.3 Å². The summed E-state index contributed by atoms with van der Waals surface area (Å²) in [5, 5.41) is 4.67. The second-order valence-corrected chi connectivity index (χ2v) is 21.2. The molecule has 0 radical (unpaired) electrons. The minimum Gasteiger partial charge on any atom is -0.381 e. The van der Waals surface area contributed by atoms with E-state index in [0.29, 0.717) is 78.0 Å². The molecule has 6 heterocycles. The van der Waals surface area contributed by atoms with Gasteiger partial charge in [0.1, 0.15) is 17.1 Å². The van der Waals surface area contributed by atoms with E-state index in [0.717, 1.165) is 34.9 Å². The van der Waals surface area contributed by atoms with Gasteiger partial charge in [-0.1, -0.05) is 30.3 Å². The fourth-order valence-electron chi connectivity index (χ4n) is 10.8. The van der Waals surface area contributed by atoms with Gasteiger partial charge >= 0.3 is 11.8 Å². The number of benzene rings is 3. The lowest BCUT2D eigenvalue weighted by atomic mass is 9.91. The minimum atomic E-state index is -3.38. The van der Waals surface area contributed by atoms with Crippen LogP contribution in [0.25, 0.3) is 16.6 Å². The normalized spacial score (nSPS) is 22.2. The number of H-pyrrole nitrogens is 1. The van der Waals surface area contributed by atoms with Crippen molar-refractivity contribution in [3.63, 3.8) is 0 Å². The number of rotatable bonds is 10. The van der Waals surface area contributed by atoms with Gasteiger partial charge in [-0.25, -0.2) is 31.9 Å². The number of ether oxygens (including phenoxy) is 1. The number of halogens is 1. The molecule has 3 aromatic carbocycles. The summed E-state index contributed by atoms with van der Waals surface area (Å²) < 4.78 is 54.8. The number of hydrogen-bond donors (Lipinski definition) is 1. The number of nitrogens with zero attached hydrogens (tertiary/aromatic N) is 7. The van der Waals surface area contributed by atoms with Crippen LogP contribution < -0.4 is 16.2 Å². The summed E-state index contributed by atoms with van der Waals surface area (Å²) in [7, 11) is -3.38. The summed E-state index contributed by atoms with van der Waals surface area (Å²) >= 11 is 0. The second kappa shape index (κ2) is 15.9. The van der Waals surface area contributed by atoms with Gasteiger partial charge in [0, 0.05) is 55.9 Å². The van der Waals surface area contributed by atoms with E-state index in [-0.39, 0.29) is 60.5 Å². The number of carbonyl (C=O) groups is 2. The number of fused-ring (bicyclic) bond motifs is 2. The maximum atomic E-state index is 15.3. The minimum absolute atomic E-state index is 0.00750. The maximum absolute atomic E-state index is 15.3. The van der Waals surface area contributed by atoms with Crippen molar-refractivity contribution in [1.82, 2.24) is 34.1 Å². The summed E-state index contributed by atoms with van der Waals surface area (Å²) in [4.78, 5) is 70.1. The van der Waals surface area contributed by atoms with Crippen molar-refractivity contribution >= 4 is 38.6 Å². The summed E-state index contributed by atoms with van der Waals surface area (Å²) in [6.07, 6.45) is 3.86. The Labute approximate surface area is 385 Å². The highest BCUT2D eigenvalue weighted by Crippen LogP contribution is 2.56. The number of carbonyl (C=O) groups excluding carboxylic acids is 2. The average molecular weight is 931 g/mol. The zero-order chi connectivity index (χ0) is 46.7. The van der Waals surface area contributed by atoms with E-state index in [1.807, 2.05) is 30.5 Å². The standard InChI is InChI=1S/C49H51FN8O8S/c1-27-21-35(22-28(2)41(27)50)57-43(59)38-13-16-55(30(4)42(38)51-46(57)56-18-17-54(48(56)62)26-31-5-8-36(9-6-31)67(63,64)37-10-11-37)44(60)40-24-34-23-33(32-14-19-65-20-15-32)7-12-39(34)58(40)49(25-29(49)3)45-52-47(61)66-53-45/h5-9,12,21-24,29-30,32,37H,10-11,13-20,25-26H2,1-4H3,(H,52,53,61)/t29-,30-,49+/m1/s1. The molecule has 6 aromatic rings. The quantitative estimate of drug-likeness (QED) is 0.160. The summed E-state index contributed by atoms with van der Waals surface area (Å²) in [6.45, 7) is 9.31. The Morgan fingerprint density at radius 1 is 0.925 bits per heavy atom. The molecular formula is C49H51FN8O8S. The van der Waals surface area contributed by atoms with Gasteiger partial charge in [0.25, 0.3) is 11.5 Å². The number of sulfone groups is 1. The van der Waals surface area contributed by atoms with Crippen LogP contribution in [-0.2, 0) is 33.1 Å². The van der Waals surface area contributed by atoms with Crippen LogP contribution in [0.2, 0.25) is 0 Å². The van der Waals surface area contributed by atoms with Crippen LogP contribution in [0.15, 0.2) is 79.7 Å². The van der Waals surface area contributed by atoms with Crippen molar-refractivity contribution in [2.45, 2.75) is 100 Å². The first kappa shape index (κ1) is 43.2. The van der Waals surface area contributed by atoms with Crippen molar-refractivity contribution < 1.29 is 31.7 Å². The largest absolute Gasteiger partial charge is 0.438 e. The third kappa shape index (κ3) is 7.04. The monoisotopic (exact) mass is 930 g/mol. The summed E-state index contributed by atoms with van der Waals surface area (Å²) in [5.74, 6) is -0.705. The molecule has 348 valence electrons. The van der Waals surface area contributed by atoms with Crippen LogP contribution >= 0.6 is 0 Å². The fourth-order valence-corrected chi connectivity index (χ4v) is 12.4. The van der Waals surface area contributed by atoms with E-state index >= 15 is 9.18 Å². The number of aromatic amines is 1. The number of aryl methyl sites for hydroxylation is 2. The van der Waals surface area contributed by atoms with Crippen LogP contribution in [-0.4, -0.2) is 92.5 Å². The van der Waals surface area contributed by atoms with Gasteiger partial charge in [-0.15, -0.1) is 0 Å². The molecule has 1 N–H and O–H groups in total. The molecule has 3 atom stereocenters. The van der Waals surface area contributed by atoms with Crippen LogP contribution in [0.5, 0.6) is 0 Å². The molecule has 2 saturated heterocycles. The maximum Gasteiger partial charge on any atom is 0.438 e. The predicted molar refractivity (Wildman–Crippen MR) is 245 cm³/mol. The Morgan fingerprint density at radius 2 is 1.64 bits per heavy atom. The van der Waals surface area contributed by atoms with Crippen molar-refractivity contribution in [3.05, 3.63) is 132 Å². The molecule has 3 aliphatic heterocycles. The molecule has 0 spiro atoms. The van der Waals surface area contributed by atoms with Gasteiger partial charge in [0.2, 0.25) is 5.95 Å². The van der Waals surface area contributed by atoms with Gasteiger partial charge in [-0.2, -0.15) is 0 Å². The number of aromatic nitrogens is 5. The molecule has 2 aliphatic carbocycles. The highest BCUT2D eigenvalue weighted by Gasteiger charge is 2.59. The first-order valence-electron chi connectivity index (χ1n) is 23.1. The van der Waals surface area contributed by atoms with Crippen molar-refractivity contribution in [3.8, 4) is 5.69 Å². The van der Waals surface area contributed by atoms with E-state index in [4.69, 9.17) is 14.2 Å².